The highest BCUT2D eigenvalue weighted by Gasteiger charge is 2.37. The van der Waals surface area contributed by atoms with Crippen LogP contribution in [0.4, 0.5) is 0 Å². The maximum absolute atomic E-state index is 5.62. The fourth-order valence-electron chi connectivity index (χ4n) is 3.74. The molecule has 3 fully saturated rings. The van der Waals surface area contributed by atoms with E-state index in [0.717, 1.165) is 50.3 Å². The third-order valence-electron chi connectivity index (χ3n) is 5.31. The van der Waals surface area contributed by atoms with Gasteiger partial charge in [0.2, 0.25) is 0 Å². The van der Waals surface area contributed by atoms with Crippen LogP contribution in [0, 0.1) is 5.92 Å². The van der Waals surface area contributed by atoms with E-state index in [9.17, 15) is 0 Å². The zero-order valence-corrected chi connectivity index (χ0v) is 13.3. The highest BCUT2D eigenvalue weighted by molar-refractivity contribution is 5.09. The summed E-state index contributed by atoms with van der Waals surface area (Å²) in [5.74, 6) is 3.39. The number of aromatic amines is 1. The van der Waals surface area contributed by atoms with Gasteiger partial charge in [-0.25, -0.2) is 4.98 Å². The lowest BCUT2D eigenvalue weighted by molar-refractivity contribution is 0.0472. The number of likely N-dealkylation sites (tertiary alicyclic amines) is 1. The second-order valence-corrected chi connectivity index (χ2v) is 6.97. The minimum Gasteiger partial charge on any atom is -0.381 e. The van der Waals surface area contributed by atoms with E-state index in [1.54, 1.807) is 0 Å². The molecule has 2 atom stereocenters. The van der Waals surface area contributed by atoms with Crippen molar-refractivity contribution in [1.29, 1.82) is 0 Å². The fourth-order valence-corrected chi connectivity index (χ4v) is 3.74. The maximum atomic E-state index is 5.62. The predicted molar refractivity (Wildman–Crippen MR) is 81.6 cm³/mol. The molecule has 0 aromatic carbocycles. The molecule has 1 saturated carbocycles. The molecule has 0 radical (unpaired) electrons. The summed E-state index contributed by atoms with van der Waals surface area (Å²) in [4.78, 5) is 7.32. The van der Waals surface area contributed by atoms with E-state index in [-0.39, 0.29) is 0 Å². The third kappa shape index (κ3) is 3.05. The molecule has 1 N–H and O–H groups in total. The molecular weight excluding hydrogens is 280 g/mol. The first-order valence-corrected chi connectivity index (χ1v) is 8.60. The molecule has 1 aliphatic carbocycles. The van der Waals surface area contributed by atoms with Crippen molar-refractivity contribution >= 4 is 0 Å². The van der Waals surface area contributed by atoms with E-state index in [0.29, 0.717) is 18.1 Å². The standard InChI is InChI=1S/C16H26N4O2/c1-21-13-8-14(16-17-15(18-19-16)12-2-3-12)20(10-13)9-11-4-6-22-7-5-11/h11-14H,2-10H2,1H3,(H,17,18,19)/t13-,14+/m1/s1. The lowest BCUT2D eigenvalue weighted by atomic mass is 9.99. The van der Waals surface area contributed by atoms with Crippen LogP contribution < -0.4 is 0 Å². The summed E-state index contributed by atoms with van der Waals surface area (Å²) in [6.07, 6.45) is 6.15. The average molecular weight is 306 g/mol. The number of aromatic nitrogens is 3. The summed E-state index contributed by atoms with van der Waals surface area (Å²) >= 11 is 0. The SMILES string of the molecule is CO[C@@H]1C[C@@H](c2nc(C3CC3)n[nH]2)N(CC2CCOCC2)C1. The van der Waals surface area contributed by atoms with Gasteiger partial charge in [0.1, 0.15) is 5.82 Å². The molecule has 4 rings (SSSR count). The van der Waals surface area contributed by atoms with Crippen molar-refractivity contribution in [3.8, 4) is 0 Å². The Balaban J connectivity index is 1.46. The largest absolute Gasteiger partial charge is 0.381 e. The van der Waals surface area contributed by atoms with E-state index in [4.69, 9.17) is 14.5 Å². The second kappa shape index (κ2) is 6.26. The van der Waals surface area contributed by atoms with Crippen molar-refractivity contribution in [3.05, 3.63) is 11.6 Å². The van der Waals surface area contributed by atoms with Gasteiger partial charge in [-0.05, 0) is 38.0 Å². The predicted octanol–water partition coefficient (Wildman–Crippen LogP) is 1.87. The van der Waals surface area contributed by atoms with Gasteiger partial charge in [-0.1, -0.05) is 0 Å². The molecule has 2 saturated heterocycles. The molecule has 1 aromatic rings. The first-order chi connectivity index (χ1) is 10.8. The number of rotatable bonds is 5. The van der Waals surface area contributed by atoms with Crippen molar-refractivity contribution < 1.29 is 9.47 Å². The van der Waals surface area contributed by atoms with Crippen molar-refractivity contribution in [2.45, 2.75) is 50.2 Å². The number of ether oxygens (including phenoxy) is 2. The van der Waals surface area contributed by atoms with Gasteiger partial charge in [-0.2, -0.15) is 5.10 Å². The molecular formula is C16H26N4O2. The summed E-state index contributed by atoms with van der Waals surface area (Å²) < 4.78 is 11.1. The summed E-state index contributed by atoms with van der Waals surface area (Å²) in [6, 6.07) is 0.327. The Hall–Kier alpha value is -0.980. The number of hydrogen-bond acceptors (Lipinski definition) is 5. The van der Waals surface area contributed by atoms with Crippen molar-refractivity contribution in [2.75, 3.05) is 33.4 Å². The minimum absolute atomic E-state index is 0.305. The first kappa shape index (κ1) is 14.6. The van der Waals surface area contributed by atoms with E-state index in [1.807, 2.05) is 7.11 Å². The van der Waals surface area contributed by atoms with Crippen LogP contribution in [0.5, 0.6) is 0 Å². The summed E-state index contributed by atoms with van der Waals surface area (Å²) in [5, 5.41) is 7.63. The van der Waals surface area contributed by atoms with E-state index in [2.05, 4.69) is 15.1 Å². The molecule has 0 spiro atoms. The Morgan fingerprint density at radius 1 is 1.27 bits per heavy atom. The van der Waals surface area contributed by atoms with Gasteiger partial charge < -0.3 is 9.47 Å². The quantitative estimate of drug-likeness (QED) is 0.900. The topological polar surface area (TPSA) is 63.3 Å². The molecule has 0 amide bonds. The average Bonchev–Trinajstić information content (AvgIpc) is 3.14. The monoisotopic (exact) mass is 306 g/mol. The van der Waals surface area contributed by atoms with E-state index < -0.39 is 0 Å². The lowest BCUT2D eigenvalue weighted by Gasteiger charge is -2.29. The Bertz CT molecular complexity index is 496. The number of nitrogens with one attached hydrogen (secondary N) is 1. The molecule has 0 bridgehead atoms. The Kier molecular flexibility index (Phi) is 4.15. The van der Waals surface area contributed by atoms with Crippen LogP contribution in [0.15, 0.2) is 0 Å². The van der Waals surface area contributed by atoms with Crippen LogP contribution in [0.3, 0.4) is 0 Å². The third-order valence-corrected chi connectivity index (χ3v) is 5.31. The van der Waals surface area contributed by atoms with Crippen molar-refractivity contribution in [3.63, 3.8) is 0 Å². The molecule has 122 valence electrons. The highest BCUT2D eigenvalue weighted by atomic mass is 16.5. The van der Waals surface area contributed by atoms with Crippen LogP contribution >= 0.6 is 0 Å². The van der Waals surface area contributed by atoms with Gasteiger partial charge in [0.15, 0.2) is 5.82 Å². The second-order valence-electron chi connectivity index (χ2n) is 6.97. The molecule has 22 heavy (non-hydrogen) atoms. The van der Waals surface area contributed by atoms with Crippen LogP contribution in [-0.4, -0.2) is 59.6 Å². The summed E-state index contributed by atoms with van der Waals surface area (Å²) in [5.41, 5.74) is 0. The zero-order valence-electron chi connectivity index (χ0n) is 13.3. The van der Waals surface area contributed by atoms with Crippen molar-refractivity contribution in [1.82, 2.24) is 20.1 Å². The van der Waals surface area contributed by atoms with Gasteiger partial charge in [-0.3, -0.25) is 10.00 Å². The lowest BCUT2D eigenvalue weighted by Crippen LogP contribution is -2.33. The fraction of sp³-hybridized carbons (Fsp3) is 0.875. The van der Waals surface area contributed by atoms with E-state index in [1.165, 1.54) is 25.7 Å². The molecule has 0 unspecified atom stereocenters. The Morgan fingerprint density at radius 3 is 2.82 bits per heavy atom. The Labute approximate surface area is 131 Å². The summed E-state index contributed by atoms with van der Waals surface area (Å²) in [7, 11) is 1.82. The van der Waals surface area contributed by atoms with Gasteiger partial charge in [0, 0.05) is 39.3 Å². The Morgan fingerprint density at radius 2 is 2.09 bits per heavy atom. The molecule has 6 heteroatoms. The minimum atomic E-state index is 0.305. The van der Waals surface area contributed by atoms with Gasteiger partial charge in [-0.15, -0.1) is 0 Å². The van der Waals surface area contributed by atoms with Crippen molar-refractivity contribution in [2.24, 2.45) is 5.92 Å². The van der Waals surface area contributed by atoms with Gasteiger partial charge in [0.25, 0.3) is 0 Å². The van der Waals surface area contributed by atoms with Gasteiger partial charge >= 0.3 is 0 Å². The number of nitrogens with zero attached hydrogens (tertiary/aromatic N) is 3. The number of H-pyrrole nitrogens is 1. The zero-order chi connectivity index (χ0) is 14.9. The summed E-state index contributed by atoms with van der Waals surface area (Å²) in [6.45, 7) is 3.93. The molecule has 6 nitrogen and oxygen atoms in total. The van der Waals surface area contributed by atoms with Gasteiger partial charge in [0.05, 0.1) is 12.1 Å². The molecule has 2 aliphatic heterocycles. The van der Waals surface area contributed by atoms with Crippen LogP contribution in [0.2, 0.25) is 0 Å². The first-order valence-electron chi connectivity index (χ1n) is 8.60. The number of hydrogen-bond donors (Lipinski definition) is 1. The molecule has 1 aromatic heterocycles. The molecule has 3 aliphatic rings. The smallest absolute Gasteiger partial charge is 0.153 e. The maximum Gasteiger partial charge on any atom is 0.153 e. The highest BCUT2D eigenvalue weighted by Crippen LogP contribution is 2.39. The normalized spacial score (nSPS) is 31.0. The number of methoxy groups -OCH3 is 1. The molecule has 3 heterocycles. The van der Waals surface area contributed by atoms with E-state index >= 15 is 0 Å². The van der Waals surface area contributed by atoms with Crippen LogP contribution in [0.1, 0.15) is 55.7 Å². The van der Waals surface area contributed by atoms with Crippen LogP contribution in [0.25, 0.3) is 0 Å². The van der Waals surface area contributed by atoms with Crippen LogP contribution in [-0.2, 0) is 9.47 Å².